The van der Waals surface area contributed by atoms with Gasteiger partial charge in [-0.1, -0.05) is 11.6 Å². The monoisotopic (exact) mass is 354 g/mol. The lowest BCUT2D eigenvalue weighted by molar-refractivity contribution is 0.203. The zero-order chi connectivity index (χ0) is 17.8. The molecule has 2 aromatic heterocycles. The number of nitrogens with zero attached hydrogens (tertiary/aromatic N) is 3. The van der Waals surface area contributed by atoms with Crippen molar-refractivity contribution >= 4 is 51.0 Å². The van der Waals surface area contributed by atoms with E-state index in [1.165, 1.54) is 13.2 Å². The number of rotatable bonds is 2. The second-order valence-electron chi connectivity index (χ2n) is 5.48. The number of aromatic amines is 1. The Hall–Kier alpha value is -2.61. The van der Waals surface area contributed by atoms with E-state index in [0.717, 1.165) is 11.0 Å². The van der Waals surface area contributed by atoms with E-state index in [9.17, 15) is 13.6 Å². The molecule has 9 heteroatoms. The molecule has 0 aliphatic heterocycles. The third-order valence-electron chi connectivity index (χ3n) is 3.79. The Labute approximate surface area is 140 Å². The molecule has 24 heavy (non-hydrogen) atoms. The molecule has 0 unspecified atom stereocenters. The normalized spacial score (nSPS) is 11.2. The van der Waals surface area contributed by atoms with E-state index < -0.39 is 17.7 Å². The van der Waals surface area contributed by atoms with Gasteiger partial charge in [0.05, 0.1) is 38.9 Å². The molecule has 1 aromatic carbocycles. The van der Waals surface area contributed by atoms with Crippen LogP contribution in [0.5, 0.6) is 0 Å². The second-order valence-corrected chi connectivity index (χ2v) is 5.89. The average molecular weight is 355 g/mol. The summed E-state index contributed by atoms with van der Waals surface area (Å²) in [4.78, 5) is 20.7. The van der Waals surface area contributed by atoms with Crippen LogP contribution in [0, 0.1) is 11.6 Å². The fourth-order valence-corrected chi connectivity index (χ4v) is 3.02. The molecular weight excluding hydrogens is 342 g/mol. The number of hydrogen-bond acceptors (Lipinski definition) is 3. The highest BCUT2D eigenvalue weighted by Gasteiger charge is 2.24. The van der Waals surface area contributed by atoms with Crippen molar-refractivity contribution in [1.29, 1.82) is 0 Å². The predicted octanol–water partition coefficient (Wildman–Crippen LogP) is 3.83. The van der Waals surface area contributed by atoms with E-state index in [-0.39, 0.29) is 27.3 Å². The fraction of sp³-hybridized carbons (Fsp3) is 0.200. The fourth-order valence-electron chi connectivity index (χ4n) is 2.71. The number of fused-ring (bicyclic) bond motifs is 3. The third kappa shape index (κ3) is 2.22. The van der Waals surface area contributed by atoms with E-state index in [0.29, 0.717) is 11.1 Å². The van der Waals surface area contributed by atoms with Crippen LogP contribution in [-0.4, -0.2) is 42.3 Å². The third-order valence-corrected chi connectivity index (χ3v) is 4.07. The van der Waals surface area contributed by atoms with Gasteiger partial charge in [0.2, 0.25) is 0 Å². The van der Waals surface area contributed by atoms with Crippen LogP contribution in [0.25, 0.3) is 21.9 Å². The maximum absolute atomic E-state index is 14.5. The quantitative estimate of drug-likeness (QED) is 0.733. The molecule has 0 bridgehead atoms. The summed E-state index contributed by atoms with van der Waals surface area (Å²) < 4.78 is 28.6. The minimum atomic E-state index is -1.31. The average Bonchev–Trinajstić information content (AvgIpc) is 2.89. The van der Waals surface area contributed by atoms with Crippen molar-refractivity contribution in [3.05, 3.63) is 28.9 Å². The van der Waals surface area contributed by atoms with Gasteiger partial charge in [-0.15, -0.1) is 0 Å². The number of anilines is 2. The summed E-state index contributed by atoms with van der Waals surface area (Å²) in [5.74, 6) is -2.25. The predicted molar refractivity (Wildman–Crippen MR) is 89.3 cm³/mol. The Morgan fingerprint density at radius 2 is 1.96 bits per heavy atom. The highest BCUT2D eigenvalue weighted by atomic mass is 35.5. The molecule has 2 heterocycles. The number of nitrogens with one attached hydrogen (secondary N) is 1. The largest absolute Gasteiger partial charge is 0.465 e. The SMILES string of the molecule is CN(C)c1c(Cl)cnc2[nH]c3c(N(C)C(=O)O)cc(F)c(F)c3c12. The van der Waals surface area contributed by atoms with Crippen LogP contribution in [0.15, 0.2) is 12.3 Å². The molecule has 6 nitrogen and oxygen atoms in total. The minimum absolute atomic E-state index is 0.0183. The number of carbonyl (C=O) groups is 1. The van der Waals surface area contributed by atoms with Crippen LogP contribution in [0.3, 0.4) is 0 Å². The van der Waals surface area contributed by atoms with Gasteiger partial charge in [0.25, 0.3) is 0 Å². The van der Waals surface area contributed by atoms with Gasteiger partial charge < -0.3 is 15.0 Å². The zero-order valence-corrected chi connectivity index (χ0v) is 13.7. The van der Waals surface area contributed by atoms with E-state index in [1.807, 2.05) is 0 Å². The van der Waals surface area contributed by atoms with E-state index >= 15 is 0 Å². The maximum atomic E-state index is 14.5. The molecule has 0 spiro atoms. The van der Waals surface area contributed by atoms with Crippen LogP contribution >= 0.6 is 11.6 Å². The summed E-state index contributed by atoms with van der Waals surface area (Å²) in [5.41, 5.74) is 0.853. The van der Waals surface area contributed by atoms with Gasteiger partial charge in [-0.25, -0.2) is 18.6 Å². The van der Waals surface area contributed by atoms with Crippen molar-refractivity contribution in [3.63, 3.8) is 0 Å². The summed E-state index contributed by atoms with van der Waals surface area (Å²) in [6.07, 6.45) is 0.0866. The Morgan fingerprint density at radius 3 is 2.54 bits per heavy atom. The topological polar surface area (TPSA) is 72.5 Å². The van der Waals surface area contributed by atoms with Gasteiger partial charge in [-0.2, -0.15) is 0 Å². The van der Waals surface area contributed by atoms with Gasteiger partial charge in [0, 0.05) is 27.2 Å². The van der Waals surface area contributed by atoms with Gasteiger partial charge in [-0.05, 0) is 0 Å². The van der Waals surface area contributed by atoms with Gasteiger partial charge in [0.1, 0.15) is 5.65 Å². The second kappa shape index (κ2) is 5.48. The highest BCUT2D eigenvalue weighted by molar-refractivity contribution is 6.36. The van der Waals surface area contributed by atoms with Gasteiger partial charge in [-0.3, -0.25) is 4.90 Å². The Morgan fingerprint density at radius 1 is 1.29 bits per heavy atom. The first-order chi connectivity index (χ1) is 11.2. The number of benzene rings is 1. The summed E-state index contributed by atoms with van der Waals surface area (Å²) in [6.45, 7) is 0. The molecule has 0 atom stereocenters. The first-order valence-electron chi connectivity index (χ1n) is 6.85. The van der Waals surface area contributed by atoms with Crippen molar-refractivity contribution < 1.29 is 18.7 Å². The summed E-state index contributed by atoms with van der Waals surface area (Å²) in [7, 11) is 4.66. The molecule has 126 valence electrons. The van der Waals surface area contributed by atoms with Crippen molar-refractivity contribution in [3.8, 4) is 0 Å². The van der Waals surface area contributed by atoms with Crippen molar-refractivity contribution in [2.24, 2.45) is 0 Å². The molecule has 3 rings (SSSR count). The van der Waals surface area contributed by atoms with Crippen molar-refractivity contribution in [2.75, 3.05) is 30.9 Å². The lowest BCUT2D eigenvalue weighted by atomic mass is 10.1. The van der Waals surface area contributed by atoms with Crippen LogP contribution < -0.4 is 9.80 Å². The number of hydrogen-bond donors (Lipinski definition) is 2. The summed E-state index contributed by atoms with van der Waals surface area (Å²) >= 11 is 6.16. The maximum Gasteiger partial charge on any atom is 0.411 e. The van der Waals surface area contributed by atoms with Crippen molar-refractivity contribution in [1.82, 2.24) is 9.97 Å². The number of aromatic nitrogens is 2. The highest BCUT2D eigenvalue weighted by Crippen LogP contribution is 2.41. The zero-order valence-electron chi connectivity index (χ0n) is 13.0. The van der Waals surface area contributed by atoms with E-state index in [2.05, 4.69) is 9.97 Å². The molecule has 0 fully saturated rings. The molecule has 0 saturated carbocycles. The summed E-state index contributed by atoms with van der Waals surface area (Å²) in [5, 5.41) is 9.64. The molecule has 0 aliphatic carbocycles. The molecule has 2 N–H and O–H groups in total. The van der Waals surface area contributed by atoms with Crippen LogP contribution in [0.1, 0.15) is 0 Å². The number of amides is 1. The summed E-state index contributed by atoms with van der Waals surface area (Å²) in [6, 6.07) is 0.831. The van der Waals surface area contributed by atoms with E-state index in [4.69, 9.17) is 16.7 Å². The first-order valence-corrected chi connectivity index (χ1v) is 7.23. The Balaban J connectivity index is 2.56. The molecule has 0 radical (unpaired) electrons. The number of pyridine rings is 1. The number of halogens is 3. The first kappa shape index (κ1) is 16.3. The van der Waals surface area contributed by atoms with Crippen LogP contribution in [-0.2, 0) is 0 Å². The lowest BCUT2D eigenvalue weighted by Gasteiger charge is -2.16. The Bertz CT molecular complexity index is 987. The van der Waals surface area contributed by atoms with Crippen LogP contribution in [0.4, 0.5) is 25.0 Å². The molecule has 0 aliphatic rings. The smallest absolute Gasteiger partial charge is 0.411 e. The molecule has 0 saturated heterocycles. The van der Waals surface area contributed by atoms with Gasteiger partial charge in [0.15, 0.2) is 11.6 Å². The number of carboxylic acid groups (broad SMARTS) is 1. The number of H-pyrrole nitrogens is 1. The van der Waals surface area contributed by atoms with Crippen LogP contribution in [0.2, 0.25) is 5.02 Å². The Kier molecular flexibility index (Phi) is 3.71. The molecule has 3 aromatic rings. The molecule has 1 amide bonds. The van der Waals surface area contributed by atoms with Gasteiger partial charge >= 0.3 is 6.09 Å². The minimum Gasteiger partial charge on any atom is -0.465 e. The molecular formula is C15H13ClF2N4O2. The lowest BCUT2D eigenvalue weighted by Crippen LogP contribution is -2.24. The van der Waals surface area contributed by atoms with Crippen molar-refractivity contribution in [2.45, 2.75) is 0 Å². The standard InChI is InChI=1S/C15H13ClF2N4O2/c1-21(2)13-6(16)5-19-14-10(13)9-11(18)7(17)4-8(12(9)20-14)22(3)15(23)24/h4-5H,1-3H3,(H,19,20)(H,23,24). The van der Waals surface area contributed by atoms with E-state index in [1.54, 1.807) is 19.0 Å².